The van der Waals surface area contributed by atoms with Gasteiger partial charge in [0.1, 0.15) is 48.8 Å². The molecule has 0 aliphatic carbocycles. The van der Waals surface area contributed by atoms with Crippen LogP contribution in [-0.2, 0) is 23.7 Å². The Hall–Kier alpha value is -2.57. The number of rotatable bonds is 27. The van der Waals surface area contributed by atoms with Gasteiger partial charge >= 0.3 is 0 Å². The summed E-state index contributed by atoms with van der Waals surface area (Å²) >= 11 is 0. The zero-order chi connectivity index (χ0) is 41.1. The standard InChI is InChI=1S/C42H69NO13/c1-3-5-7-9-10-11-12-13-14-15-16-17-18-19-20-22-24-26-34(47)43-30(31(46)25-23-21-8-6-4-2)29-53-41-39(52)37(50)40(33(28-45)55-41)56-42-38(51)36(49)35(48)32(27-44)54-42/h5,7,10-11,13-14,16-17,19-20,23,25,30-33,35-42,44-46,48-52H,3-4,6,8-9,12,15,18,21-22,24,26-29H2,1-2H3,(H,43,47)/b7-5-,11-10-,14-13-,17-16-,20-19-,25-23+. The van der Waals surface area contributed by atoms with Gasteiger partial charge in [0.25, 0.3) is 0 Å². The number of carbonyl (C=O) groups excluding carboxylic acids is 1. The van der Waals surface area contributed by atoms with E-state index >= 15 is 0 Å². The maximum Gasteiger partial charge on any atom is 0.220 e. The van der Waals surface area contributed by atoms with Crippen molar-refractivity contribution in [1.29, 1.82) is 0 Å². The number of hydrogen-bond acceptors (Lipinski definition) is 13. The topological polar surface area (TPSA) is 228 Å². The lowest BCUT2D eigenvalue weighted by molar-refractivity contribution is -0.359. The average molecular weight is 796 g/mol. The van der Waals surface area contributed by atoms with E-state index in [0.29, 0.717) is 12.8 Å². The molecule has 2 fully saturated rings. The van der Waals surface area contributed by atoms with Crippen molar-refractivity contribution in [3.8, 4) is 0 Å². The third-order valence-electron chi connectivity index (χ3n) is 9.40. The van der Waals surface area contributed by atoms with Crippen LogP contribution in [0.5, 0.6) is 0 Å². The van der Waals surface area contributed by atoms with Crippen LogP contribution in [0.4, 0.5) is 0 Å². The zero-order valence-electron chi connectivity index (χ0n) is 33.1. The number of ether oxygens (including phenoxy) is 4. The third kappa shape index (κ3) is 18.3. The summed E-state index contributed by atoms with van der Waals surface area (Å²) in [5, 5.41) is 85.7. The SMILES string of the molecule is CC/C=C\C/C=C\C/C=C\C/C=C\C/C=C\CCCC(=O)NC(COC1OC(CO)C(OC2OC(CO)C(O)C(O)C2O)C(O)C1O)C(O)/C=C/CCCCC. The molecule has 0 aromatic carbocycles. The molecule has 2 aliphatic heterocycles. The van der Waals surface area contributed by atoms with Crippen LogP contribution in [0.1, 0.15) is 90.9 Å². The highest BCUT2D eigenvalue weighted by Gasteiger charge is 2.50. The summed E-state index contributed by atoms with van der Waals surface area (Å²) < 4.78 is 22.4. The molecule has 12 unspecified atom stereocenters. The smallest absolute Gasteiger partial charge is 0.220 e. The van der Waals surface area contributed by atoms with Gasteiger partial charge < -0.3 is 65.1 Å². The van der Waals surface area contributed by atoms with Crippen molar-refractivity contribution < 1.29 is 64.6 Å². The zero-order valence-corrected chi connectivity index (χ0v) is 33.1. The van der Waals surface area contributed by atoms with E-state index in [1.165, 1.54) is 0 Å². The molecule has 2 saturated heterocycles. The van der Waals surface area contributed by atoms with Crippen molar-refractivity contribution in [2.45, 2.75) is 164 Å². The Bertz CT molecular complexity index is 1220. The number of amides is 1. The number of aliphatic hydroxyl groups is 8. The molecule has 2 heterocycles. The third-order valence-corrected chi connectivity index (χ3v) is 9.40. The molecular weight excluding hydrogens is 726 g/mol. The minimum atomic E-state index is -1.79. The Morgan fingerprint density at radius 2 is 1.21 bits per heavy atom. The highest BCUT2D eigenvalue weighted by molar-refractivity contribution is 5.76. The van der Waals surface area contributed by atoms with Crippen LogP contribution in [0.2, 0.25) is 0 Å². The summed E-state index contributed by atoms with van der Waals surface area (Å²) in [4.78, 5) is 12.9. The summed E-state index contributed by atoms with van der Waals surface area (Å²) in [5.41, 5.74) is 0. The fourth-order valence-electron chi connectivity index (χ4n) is 6.03. The van der Waals surface area contributed by atoms with Gasteiger partial charge in [-0.05, 0) is 57.8 Å². The minimum Gasteiger partial charge on any atom is -0.394 e. The first kappa shape index (κ1) is 49.6. The maximum absolute atomic E-state index is 12.9. The molecule has 0 aromatic heterocycles. The van der Waals surface area contributed by atoms with Gasteiger partial charge in [-0.25, -0.2) is 0 Å². The van der Waals surface area contributed by atoms with Crippen LogP contribution in [0.15, 0.2) is 72.9 Å². The first-order valence-corrected chi connectivity index (χ1v) is 20.2. The first-order valence-electron chi connectivity index (χ1n) is 20.2. The molecule has 320 valence electrons. The Morgan fingerprint density at radius 3 is 1.80 bits per heavy atom. The molecule has 0 aromatic rings. The predicted molar refractivity (Wildman–Crippen MR) is 212 cm³/mol. The fraction of sp³-hybridized carbons (Fsp3) is 0.690. The molecule has 14 nitrogen and oxygen atoms in total. The van der Waals surface area contributed by atoms with Crippen LogP contribution in [0, 0.1) is 0 Å². The second-order valence-electron chi connectivity index (χ2n) is 14.0. The maximum atomic E-state index is 12.9. The summed E-state index contributed by atoms with van der Waals surface area (Å²) in [6.45, 7) is 2.45. The molecule has 2 rings (SSSR count). The van der Waals surface area contributed by atoms with Crippen LogP contribution in [-0.4, -0.2) is 140 Å². The second-order valence-corrected chi connectivity index (χ2v) is 14.0. The van der Waals surface area contributed by atoms with Crippen LogP contribution in [0.3, 0.4) is 0 Å². The molecule has 0 radical (unpaired) electrons. The molecule has 0 spiro atoms. The number of nitrogens with one attached hydrogen (secondary N) is 1. The molecule has 9 N–H and O–H groups in total. The van der Waals surface area contributed by atoms with Crippen LogP contribution < -0.4 is 5.32 Å². The van der Waals surface area contributed by atoms with Crippen molar-refractivity contribution in [3.63, 3.8) is 0 Å². The highest BCUT2D eigenvalue weighted by atomic mass is 16.7. The van der Waals surface area contributed by atoms with E-state index in [0.717, 1.165) is 57.8 Å². The van der Waals surface area contributed by atoms with Crippen LogP contribution >= 0.6 is 0 Å². The molecule has 0 bridgehead atoms. The van der Waals surface area contributed by atoms with Gasteiger partial charge in [-0.3, -0.25) is 4.79 Å². The summed E-state index contributed by atoms with van der Waals surface area (Å²) in [6.07, 6.45) is 17.4. The van der Waals surface area contributed by atoms with Crippen molar-refractivity contribution in [2.75, 3.05) is 19.8 Å². The van der Waals surface area contributed by atoms with Crippen molar-refractivity contribution in [3.05, 3.63) is 72.9 Å². The van der Waals surface area contributed by atoms with Gasteiger partial charge in [0, 0.05) is 6.42 Å². The lowest BCUT2D eigenvalue weighted by Gasteiger charge is -2.46. The van der Waals surface area contributed by atoms with Gasteiger partial charge in [-0.1, -0.05) is 99.6 Å². The van der Waals surface area contributed by atoms with Gasteiger partial charge in [-0.15, -0.1) is 0 Å². The number of unbranched alkanes of at least 4 members (excludes halogenated alkanes) is 4. The molecule has 12 atom stereocenters. The normalized spacial score (nSPS) is 30.2. The number of aliphatic hydroxyl groups excluding tert-OH is 8. The lowest BCUT2D eigenvalue weighted by Crippen LogP contribution is -2.65. The number of hydrogen-bond donors (Lipinski definition) is 9. The molecule has 1 amide bonds. The Labute approximate surface area is 332 Å². The van der Waals surface area contributed by atoms with Crippen molar-refractivity contribution in [2.24, 2.45) is 0 Å². The second kappa shape index (κ2) is 29.6. The lowest BCUT2D eigenvalue weighted by atomic mass is 9.97. The number of allylic oxidation sites excluding steroid dienone is 11. The minimum absolute atomic E-state index is 0.197. The van der Waals surface area contributed by atoms with E-state index in [1.54, 1.807) is 6.08 Å². The summed E-state index contributed by atoms with van der Waals surface area (Å²) in [7, 11) is 0. The Kier molecular flexibility index (Phi) is 26.2. The largest absolute Gasteiger partial charge is 0.394 e. The highest BCUT2D eigenvalue weighted by Crippen LogP contribution is 2.29. The van der Waals surface area contributed by atoms with Gasteiger partial charge in [0.2, 0.25) is 5.91 Å². The summed E-state index contributed by atoms with van der Waals surface area (Å²) in [5.74, 6) is -0.309. The Morgan fingerprint density at radius 1 is 0.661 bits per heavy atom. The molecule has 2 aliphatic rings. The van der Waals surface area contributed by atoms with Crippen molar-refractivity contribution >= 4 is 5.91 Å². The van der Waals surface area contributed by atoms with E-state index in [4.69, 9.17) is 18.9 Å². The quantitative estimate of drug-likeness (QED) is 0.0431. The molecular formula is C42H69NO13. The predicted octanol–water partition coefficient (Wildman–Crippen LogP) is 2.53. The van der Waals surface area contributed by atoms with E-state index in [9.17, 15) is 45.6 Å². The Balaban J connectivity index is 1.89. The van der Waals surface area contributed by atoms with Gasteiger partial charge in [0.15, 0.2) is 12.6 Å². The summed E-state index contributed by atoms with van der Waals surface area (Å²) in [6, 6.07) is -0.942. The molecule has 0 saturated carbocycles. The molecule has 14 heteroatoms. The van der Waals surface area contributed by atoms with Crippen molar-refractivity contribution in [1.82, 2.24) is 5.32 Å². The van der Waals surface area contributed by atoms with Gasteiger partial charge in [0.05, 0.1) is 32.0 Å². The fourth-order valence-corrected chi connectivity index (χ4v) is 6.03. The van der Waals surface area contributed by atoms with E-state index in [2.05, 4.69) is 73.8 Å². The first-order chi connectivity index (χ1) is 27.1. The molecule has 56 heavy (non-hydrogen) atoms. The number of carbonyl (C=O) groups is 1. The van der Waals surface area contributed by atoms with Gasteiger partial charge in [-0.2, -0.15) is 0 Å². The van der Waals surface area contributed by atoms with E-state index < -0.39 is 86.8 Å². The van der Waals surface area contributed by atoms with Crippen LogP contribution in [0.25, 0.3) is 0 Å². The van der Waals surface area contributed by atoms with E-state index in [1.807, 2.05) is 12.2 Å². The van der Waals surface area contributed by atoms with E-state index in [-0.39, 0.29) is 18.9 Å². The average Bonchev–Trinajstić information content (AvgIpc) is 3.19. The monoisotopic (exact) mass is 795 g/mol.